The van der Waals surface area contributed by atoms with E-state index in [0.717, 1.165) is 25.9 Å². The van der Waals surface area contributed by atoms with Gasteiger partial charge in [-0.3, -0.25) is 4.79 Å². The zero-order chi connectivity index (χ0) is 14.8. The maximum absolute atomic E-state index is 12.0. The van der Waals surface area contributed by atoms with Crippen molar-refractivity contribution in [2.75, 3.05) is 31.1 Å². The van der Waals surface area contributed by atoms with Gasteiger partial charge in [-0.1, -0.05) is 17.7 Å². The fourth-order valence-corrected chi connectivity index (χ4v) is 3.68. The number of nitrogens with zero attached hydrogens (tertiary/aromatic N) is 1. The molecule has 1 aromatic carbocycles. The summed E-state index contributed by atoms with van der Waals surface area (Å²) in [6.45, 7) is 6.88. The molecular formula is C17H24N2O2. The smallest absolute Gasteiger partial charge is 0.325 e. The van der Waals surface area contributed by atoms with Crippen LogP contribution in [0.15, 0.2) is 18.2 Å². The molecule has 114 valence electrons. The Hall–Kier alpha value is -1.55. The highest BCUT2D eigenvalue weighted by Gasteiger charge is 2.39. The highest BCUT2D eigenvalue weighted by molar-refractivity contribution is 5.78. The molecule has 0 amide bonds. The molecule has 3 rings (SSSR count). The zero-order valence-electron chi connectivity index (χ0n) is 12.9. The molecule has 0 bridgehead atoms. The van der Waals surface area contributed by atoms with Gasteiger partial charge in [-0.2, -0.15) is 0 Å². The Labute approximate surface area is 126 Å². The van der Waals surface area contributed by atoms with Crippen LogP contribution >= 0.6 is 0 Å². The lowest BCUT2D eigenvalue weighted by atomic mass is 9.92. The van der Waals surface area contributed by atoms with Crippen LogP contribution in [0.2, 0.25) is 0 Å². The molecule has 2 heterocycles. The third kappa shape index (κ3) is 2.77. The second kappa shape index (κ2) is 6.06. The first-order valence-electron chi connectivity index (χ1n) is 7.94. The number of benzene rings is 1. The van der Waals surface area contributed by atoms with E-state index in [1.54, 1.807) is 0 Å². The number of hydrogen-bond acceptors (Lipinski definition) is 4. The molecule has 0 aliphatic carbocycles. The summed E-state index contributed by atoms with van der Waals surface area (Å²) in [5.74, 6) is 0.360. The fourth-order valence-electron chi connectivity index (χ4n) is 3.68. The Bertz CT molecular complexity index is 530. The maximum Gasteiger partial charge on any atom is 0.325 e. The lowest BCUT2D eigenvalue weighted by molar-refractivity contribution is -0.141. The molecular weight excluding hydrogens is 264 g/mol. The van der Waals surface area contributed by atoms with Crippen molar-refractivity contribution in [1.82, 2.24) is 5.32 Å². The van der Waals surface area contributed by atoms with Crippen molar-refractivity contribution in [1.29, 1.82) is 0 Å². The van der Waals surface area contributed by atoms with Crippen LogP contribution in [0.4, 0.5) is 5.69 Å². The van der Waals surface area contributed by atoms with E-state index in [4.69, 9.17) is 4.74 Å². The van der Waals surface area contributed by atoms with Gasteiger partial charge >= 0.3 is 5.97 Å². The van der Waals surface area contributed by atoms with Crippen molar-refractivity contribution in [2.45, 2.75) is 38.6 Å². The van der Waals surface area contributed by atoms with Gasteiger partial charge in [-0.05, 0) is 44.9 Å². The summed E-state index contributed by atoms with van der Waals surface area (Å²) in [6, 6.07) is 7.00. The molecule has 0 spiro atoms. The van der Waals surface area contributed by atoms with E-state index in [0.29, 0.717) is 25.1 Å². The normalized spacial score (nSPS) is 24.2. The molecule has 2 aliphatic rings. The molecule has 4 heteroatoms. The van der Waals surface area contributed by atoms with E-state index in [-0.39, 0.29) is 5.97 Å². The number of nitrogens with one attached hydrogen (secondary N) is 1. The van der Waals surface area contributed by atoms with Gasteiger partial charge in [0.15, 0.2) is 0 Å². The third-order valence-electron chi connectivity index (χ3n) is 4.58. The van der Waals surface area contributed by atoms with E-state index in [2.05, 4.69) is 35.3 Å². The molecule has 0 aromatic heterocycles. The number of ether oxygens (including phenoxy) is 1. The largest absolute Gasteiger partial charge is 0.465 e. The summed E-state index contributed by atoms with van der Waals surface area (Å²) in [5, 5.41) is 3.54. The Kier molecular flexibility index (Phi) is 4.15. The highest BCUT2D eigenvalue weighted by atomic mass is 16.5. The number of hydrogen-bond donors (Lipinski definition) is 1. The Morgan fingerprint density at radius 3 is 3.14 bits per heavy atom. The number of esters is 1. The van der Waals surface area contributed by atoms with Crippen molar-refractivity contribution in [3.8, 4) is 0 Å². The van der Waals surface area contributed by atoms with Gasteiger partial charge in [0, 0.05) is 24.2 Å². The molecule has 0 radical (unpaired) electrons. The minimum Gasteiger partial charge on any atom is -0.465 e. The fraction of sp³-hybridized carbons (Fsp3) is 0.588. The topological polar surface area (TPSA) is 41.6 Å². The Balaban J connectivity index is 1.92. The lowest BCUT2D eigenvalue weighted by Gasteiger charge is -2.28. The molecule has 0 saturated carbocycles. The van der Waals surface area contributed by atoms with E-state index in [1.165, 1.54) is 16.8 Å². The second-order valence-electron chi connectivity index (χ2n) is 6.02. The highest BCUT2D eigenvalue weighted by Crippen LogP contribution is 2.43. The molecule has 2 aliphatic heterocycles. The van der Waals surface area contributed by atoms with Crippen LogP contribution in [0, 0.1) is 6.92 Å². The Morgan fingerprint density at radius 2 is 2.33 bits per heavy atom. The Morgan fingerprint density at radius 1 is 1.48 bits per heavy atom. The van der Waals surface area contributed by atoms with Gasteiger partial charge in [-0.15, -0.1) is 0 Å². The van der Waals surface area contributed by atoms with Gasteiger partial charge in [0.1, 0.15) is 6.54 Å². The standard InChI is InChI=1S/C17H24N2O2/c1-3-21-17(20)11-19-15-5-4-8-18-10-14(15)13-9-12(2)6-7-16(13)19/h6-7,9,14-15,18H,3-5,8,10-11H2,1-2H3. The molecule has 1 aromatic rings. The summed E-state index contributed by atoms with van der Waals surface area (Å²) < 4.78 is 5.16. The first kappa shape index (κ1) is 14.4. The molecule has 2 unspecified atom stereocenters. The van der Waals surface area contributed by atoms with Crippen molar-refractivity contribution < 1.29 is 9.53 Å². The van der Waals surface area contributed by atoms with Crippen LogP contribution < -0.4 is 10.2 Å². The number of aryl methyl sites for hydroxylation is 1. The van der Waals surface area contributed by atoms with Gasteiger partial charge in [-0.25, -0.2) is 0 Å². The van der Waals surface area contributed by atoms with Crippen LogP contribution in [-0.4, -0.2) is 38.3 Å². The van der Waals surface area contributed by atoms with E-state index >= 15 is 0 Å². The second-order valence-corrected chi connectivity index (χ2v) is 6.02. The quantitative estimate of drug-likeness (QED) is 0.866. The van der Waals surface area contributed by atoms with E-state index in [9.17, 15) is 4.79 Å². The summed E-state index contributed by atoms with van der Waals surface area (Å²) in [7, 11) is 0. The van der Waals surface area contributed by atoms with Crippen LogP contribution in [0.25, 0.3) is 0 Å². The van der Waals surface area contributed by atoms with Gasteiger partial charge in [0.25, 0.3) is 0 Å². The monoisotopic (exact) mass is 288 g/mol. The van der Waals surface area contributed by atoms with Gasteiger partial charge in [0.2, 0.25) is 0 Å². The first-order chi connectivity index (χ1) is 10.2. The van der Waals surface area contributed by atoms with Gasteiger partial charge in [0.05, 0.1) is 6.61 Å². The van der Waals surface area contributed by atoms with Crippen LogP contribution in [-0.2, 0) is 9.53 Å². The minimum atomic E-state index is -0.123. The molecule has 1 N–H and O–H groups in total. The summed E-state index contributed by atoms with van der Waals surface area (Å²) >= 11 is 0. The number of fused-ring (bicyclic) bond motifs is 3. The van der Waals surface area contributed by atoms with E-state index in [1.807, 2.05) is 6.92 Å². The SMILES string of the molecule is CCOC(=O)CN1c2ccc(C)cc2C2CNCCCC21. The molecule has 1 saturated heterocycles. The van der Waals surface area contributed by atoms with Crippen molar-refractivity contribution in [3.05, 3.63) is 29.3 Å². The predicted octanol–water partition coefficient (Wildman–Crippen LogP) is 2.21. The lowest BCUT2D eigenvalue weighted by Crippen LogP contribution is -2.39. The zero-order valence-corrected chi connectivity index (χ0v) is 12.9. The van der Waals surface area contributed by atoms with Crippen LogP contribution in [0.5, 0.6) is 0 Å². The van der Waals surface area contributed by atoms with Crippen molar-refractivity contribution in [3.63, 3.8) is 0 Å². The molecule has 1 fully saturated rings. The molecule has 21 heavy (non-hydrogen) atoms. The minimum absolute atomic E-state index is 0.123. The molecule has 4 nitrogen and oxygen atoms in total. The van der Waals surface area contributed by atoms with E-state index < -0.39 is 0 Å². The van der Waals surface area contributed by atoms with Crippen molar-refractivity contribution in [2.24, 2.45) is 0 Å². The van der Waals surface area contributed by atoms with Crippen LogP contribution in [0.3, 0.4) is 0 Å². The summed E-state index contributed by atoms with van der Waals surface area (Å²) in [6.07, 6.45) is 2.29. The predicted molar refractivity (Wildman–Crippen MR) is 83.8 cm³/mol. The number of rotatable bonds is 3. The van der Waals surface area contributed by atoms with Crippen molar-refractivity contribution >= 4 is 11.7 Å². The maximum atomic E-state index is 12.0. The van der Waals surface area contributed by atoms with Gasteiger partial charge < -0.3 is 15.0 Å². The third-order valence-corrected chi connectivity index (χ3v) is 4.58. The summed E-state index contributed by atoms with van der Waals surface area (Å²) in [5.41, 5.74) is 3.89. The number of carbonyl (C=O) groups is 1. The number of carbonyl (C=O) groups excluding carboxylic acids is 1. The van der Waals surface area contributed by atoms with Crippen LogP contribution in [0.1, 0.15) is 36.8 Å². The molecule has 2 atom stereocenters. The average molecular weight is 288 g/mol. The average Bonchev–Trinajstić information content (AvgIpc) is 2.64. The first-order valence-corrected chi connectivity index (χ1v) is 7.94. The summed E-state index contributed by atoms with van der Waals surface area (Å²) in [4.78, 5) is 14.2. The number of anilines is 1.